The number of benzene rings is 1. The quantitative estimate of drug-likeness (QED) is 0.163. The fraction of sp³-hybridized carbons (Fsp3) is 0.714. The van der Waals surface area contributed by atoms with E-state index in [1.54, 1.807) is 0 Å². The van der Waals surface area contributed by atoms with Crippen LogP contribution in [0.25, 0.3) is 0 Å². The van der Waals surface area contributed by atoms with Crippen molar-refractivity contribution in [2.24, 2.45) is 17.8 Å². The van der Waals surface area contributed by atoms with E-state index < -0.39 is 46.9 Å². The van der Waals surface area contributed by atoms with Gasteiger partial charge in [0.25, 0.3) is 0 Å². The number of hydrogen-bond donors (Lipinski definition) is 4. The van der Waals surface area contributed by atoms with Gasteiger partial charge in [0.15, 0.2) is 0 Å². The average molecular weight is 632 g/mol. The summed E-state index contributed by atoms with van der Waals surface area (Å²) in [6, 6.07) is 7.91. The molecule has 2 amide bonds. The molecule has 2 rings (SSSR count). The lowest BCUT2D eigenvalue weighted by Gasteiger charge is -2.33. The van der Waals surface area contributed by atoms with Gasteiger partial charge in [-0.3, -0.25) is 13.8 Å². The van der Waals surface area contributed by atoms with Crippen molar-refractivity contribution >= 4 is 22.6 Å². The molecule has 1 saturated carbocycles. The number of nitrogens with zero attached hydrogens (tertiary/aromatic N) is 1. The molecule has 6 atom stereocenters. The largest absolute Gasteiger partial charge is 0.390 e. The summed E-state index contributed by atoms with van der Waals surface area (Å²) in [5.41, 5.74) is 0.946. The molecule has 0 radical (unpaired) electrons. The third-order valence-electron chi connectivity index (χ3n) is 8.73. The second-order valence-electron chi connectivity index (χ2n) is 12.7. The minimum Gasteiger partial charge on any atom is -0.390 e. The molecule has 1 aliphatic rings. The Bertz CT molecular complexity index is 1040. The van der Waals surface area contributed by atoms with Crippen LogP contribution in [0, 0.1) is 30.1 Å². The summed E-state index contributed by atoms with van der Waals surface area (Å²) in [5, 5.41) is 27.7. The minimum absolute atomic E-state index is 0.0263. The number of carbonyl (C=O) groups is 2. The van der Waals surface area contributed by atoms with Crippen LogP contribution >= 0.6 is 0 Å². The summed E-state index contributed by atoms with van der Waals surface area (Å²) >= 11 is 0. The summed E-state index contributed by atoms with van der Waals surface area (Å²) in [7, 11) is -1.23. The highest BCUT2D eigenvalue weighted by atomic mass is 32.2. The number of carbonyl (C=O) groups excluding carboxylic acids is 2. The monoisotopic (exact) mass is 631 g/mol. The number of aliphatic hydroxyl groups is 2. The van der Waals surface area contributed by atoms with Crippen LogP contribution in [0.5, 0.6) is 0 Å². The van der Waals surface area contributed by atoms with E-state index in [0.29, 0.717) is 37.5 Å². The molecule has 9 heteroatoms. The molecule has 0 aliphatic heterocycles. The van der Waals surface area contributed by atoms with Crippen molar-refractivity contribution in [2.45, 2.75) is 110 Å². The Morgan fingerprint density at radius 2 is 1.70 bits per heavy atom. The zero-order chi connectivity index (χ0) is 32.5. The Hall–Kier alpha value is -2.25. The van der Waals surface area contributed by atoms with Gasteiger partial charge in [0.05, 0.1) is 18.1 Å². The first-order valence-electron chi connectivity index (χ1n) is 16.6. The van der Waals surface area contributed by atoms with Gasteiger partial charge in [-0.1, -0.05) is 90.1 Å². The van der Waals surface area contributed by atoms with Gasteiger partial charge >= 0.3 is 0 Å². The fourth-order valence-corrected chi connectivity index (χ4v) is 7.41. The van der Waals surface area contributed by atoms with Crippen LogP contribution in [0.15, 0.2) is 30.3 Å². The van der Waals surface area contributed by atoms with E-state index in [9.17, 15) is 24.0 Å². The maximum Gasteiger partial charge on any atom is 0.243 e. The van der Waals surface area contributed by atoms with Gasteiger partial charge in [-0.05, 0) is 49.8 Å². The summed E-state index contributed by atoms with van der Waals surface area (Å²) in [5.74, 6) is 2.22. The van der Waals surface area contributed by atoms with Gasteiger partial charge in [0.2, 0.25) is 11.8 Å². The number of hydrogen-bond acceptors (Lipinski definition) is 6. The lowest BCUT2D eigenvalue weighted by molar-refractivity contribution is -0.132. The maximum atomic E-state index is 13.7. The van der Waals surface area contributed by atoms with Gasteiger partial charge in [-0.15, -0.1) is 12.3 Å². The van der Waals surface area contributed by atoms with E-state index in [2.05, 4.69) is 35.3 Å². The smallest absolute Gasteiger partial charge is 0.243 e. The molecule has 0 aromatic heterocycles. The van der Waals surface area contributed by atoms with Crippen molar-refractivity contribution in [1.82, 2.24) is 15.5 Å². The van der Waals surface area contributed by atoms with Crippen molar-refractivity contribution in [1.29, 1.82) is 0 Å². The first kappa shape index (κ1) is 37.9. The van der Waals surface area contributed by atoms with E-state index in [-0.39, 0.29) is 24.0 Å². The van der Waals surface area contributed by atoms with Gasteiger partial charge in [0.1, 0.15) is 12.1 Å². The molecule has 4 N–H and O–H groups in total. The van der Waals surface area contributed by atoms with Gasteiger partial charge in [0, 0.05) is 35.3 Å². The SMILES string of the molecule is C#CC[C@H](NC(=O)C(Cc1ccccc1)CS(=O)CCN(CC)CC)C(=O)NC(CC1CCCCC1)[C@@H](O)C(O)CC(C)C. The Morgan fingerprint density at radius 3 is 2.30 bits per heavy atom. The Labute approximate surface area is 268 Å². The standard InChI is InChI=1S/C35H57N3O5S/c1-6-15-30(35(42)37-31(24-28-18-13-10-14-19-28)33(40)32(39)22-26(4)5)36-34(41)29(23-27-16-11-9-12-17-27)25-44(43)21-20-38(7-2)8-3/h1,9,11-12,16-17,26,28-33,39-40H,7-8,10,13-15,18-25H2,2-5H3,(H,36,41)(H,37,42)/t29?,30-,31?,32?,33+,44?/m0/s1. The van der Waals surface area contributed by atoms with Crippen molar-refractivity contribution in [3.05, 3.63) is 35.9 Å². The molecule has 0 heterocycles. The van der Waals surface area contributed by atoms with Gasteiger partial charge in [-0.2, -0.15) is 0 Å². The van der Waals surface area contributed by atoms with E-state index in [1.165, 1.54) is 6.42 Å². The van der Waals surface area contributed by atoms with Crippen LogP contribution in [0.4, 0.5) is 0 Å². The molecular weight excluding hydrogens is 574 g/mol. The zero-order valence-electron chi connectivity index (χ0n) is 27.4. The Kier molecular flexibility index (Phi) is 17.9. The third kappa shape index (κ3) is 13.8. The fourth-order valence-electron chi connectivity index (χ4n) is 6.06. The number of aliphatic hydroxyl groups excluding tert-OH is 2. The van der Waals surface area contributed by atoms with Crippen LogP contribution in [0.1, 0.15) is 84.6 Å². The lowest BCUT2D eigenvalue weighted by Crippen LogP contribution is -2.56. The van der Waals surface area contributed by atoms with Crippen LogP contribution in [0.3, 0.4) is 0 Å². The maximum absolute atomic E-state index is 13.7. The Balaban J connectivity index is 2.19. The van der Waals surface area contributed by atoms with Crippen LogP contribution in [-0.2, 0) is 26.8 Å². The minimum atomic E-state index is -1.23. The number of terminal acetylenes is 1. The molecule has 1 aromatic rings. The molecular formula is C35H57N3O5S. The van der Waals surface area contributed by atoms with Crippen molar-refractivity contribution < 1.29 is 24.0 Å². The molecule has 0 bridgehead atoms. The molecule has 0 saturated heterocycles. The van der Waals surface area contributed by atoms with E-state index in [4.69, 9.17) is 6.42 Å². The summed E-state index contributed by atoms with van der Waals surface area (Å²) in [6.07, 6.45) is 10.3. The highest BCUT2D eigenvalue weighted by Gasteiger charge is 2.34. The molecule has 8 nitrogen and oxygen atoms in total. The average Bonchev–Trinajstić information content (AvgIpc) is 3.00. The molecule has 1 fully saturated rings. The normalized spacial score (nSPS) is 18.2. The zero-order valence-corrected chi connectivity index (χ0v) is 28.2. The van der Waals surface area contributed by atoms with E-state index in [0.717, 1.165) is 44.3 Å². The summed E-state index contributed by atoms with van der Waals surface area (Å²) < 4.78 is 13.1. The molecule has 0 spiro atoms. The van der Waals surface area contributed by atoms with Crippen LogP contribution in [-0.4, -0.2) is 86.6 Å². The molecule has 1 aliphatic carbocycles. The van der Waals surface area contributed by atoms with Crippen molar-refractivity contribution in [3.8, 4) is 12.3 Å². The lowest BCUT2D eigenvalue weighted by atomic mass is 9.82. The topological polar surface area (TPSA) is 119 Å². The third-order valence-corrected chi connectivity index (χ3v) is 10.1. The molecule has 44 heavy (non-hydrogen) atoms. The predicted molar refractivity (Wildman–Crippen MR) is 179 cm³/mol. The van der Waals surface area contributed by atoms with Crippen molar-refractivity contribution in [3.63, 3.8) is 0 Å². The Morgan fingerprint density at radius 1 is 1.05 bits per heavy atom. The van der Waals surface area contributed by atoms with E-state index in [1.807, 2.05) is 44.2 Å². The number of nitrogens with one attached hydrogen (secondary N) is 2. The first-order valence-corrected chi connectivity index (χ1v) is 18.1. The van der Waals surface area contributed by atoms with Crippen LogP contribution < -0.4 is 10.6 Å². The van der Waals surface area contributed by atoms with Crippen molar-refractivity contribution in [2.75, 3.05) is 31.1 Å². The second-order valence-corrected chi connectivity index (χ2v) is 14.4. The predicted octanol–water partition coefficient (Wildman–Crippen LogP) is 3.67. The molecule has 1 aromatic carbocycles. The van der Waals surface area contributed by atoms with Gasteiger partial charge in [-0.25, -0.2) is 0 Å². The number of amides is 2. The number of rotatable bonds is 20. The highest BCUT2D eigenvalue weighted by Crippen LogP contribution is 2.29. The molecule has 4 unspecified atom stereocenters. The van der Waals surface area contributed by atoms with Gasteiger partial charge < -0.3 is 25.7 Å². The second kappa shape index (κ2) is 20.7. The van der Waals surface area contributed by atoms with E-state index >= 15 is 0 Å². The van der Waals surface area contributed by atoms with Crippen LogP contribution in [0.2, 0.25) is 0 Å². The first-order chi connectivity index (χ1) is 21.1. The highest BCUT2D eigenvalue weighted by molar-refractivity contribution is 7.85. The summed E-state index contributed by atoms with van der Waals surface area (Å²) in [4.78, 5) is 29.5. The summed E-state index contributed by atoms with van der Waals surface area (Å²) in [6.45, 7) is 10.5. The molecule has 248 valence electrons.